The Labute approximate surface area is 147 Å². The summed E-state index contributed by atoms with van der Waals surface area (Å²) in [4.78, 5) is 18.9. The van der Waals surface area contributed by atoms with Gasteiger partial charge in [-0.15, -0.1) is 0 Å². The number of hydrogen-bond donors (Lipinski definition) is 0. The molecule has 1 atom stereocenters. The third-order valence-corrected chi connectivity index (χ3v) is 4.99. The number of aromatic nitrogens is 2. The number of benzene rings is 1. The molecule has 3 rings (SSSR count). The number of piperidine rings is 1. The smallest absolute Gasteiger partial charge is 0.253 e. The molecular weight excluding hydrogens is 326 g/mol. The Morgan fingerprint density at radius 2 is 2.00 bits per heavy atom. The number of halogens is 1. The van der Waals surface area contributed by atoms with Crippen molar-refractivity contribution in [1.29, 1.82) is 0 Å². The normalized spacial score (nSPS) is 17.0. The summed E-state index contributed by atoms with van der Waals surface area (Å²) in [6.45, 7) is 5.62. The number of rotatable bonds is 4. The van der Waals surface area contributed by atoms with Crippen molar-refractivity contribution in [3.05, 3.63) is 46.6 Å². The summed E-state index contributed by atoms with van der Waals surface area (Å²) in [6.07, 6.45) is 2.69. The Kier molecular flexibility index (Phi) is 5.19. The lowest BCUT2D eigenvalue weighted by molar-refractivity contribution is 0.0704. The lowest BCUT2D eigenvalue weighted by atomic mass is 9.96. The summed E-state index contributed by atoms with van der Waals surface area (Å²) in [5.41, 5.74) is 0.676. The minimum atomic E-state index is 0.0518. The summed E-state index contributed by atoms with van der Waals surface area (Å²) in [7, 11) is 0. The molecule has 0 N–H and O–H groups in total. The van der Waals surface area contributed by atoms with Crippen LogP contribution in [0, 0.1) is 0 Å². The molecule has 1 amide bonds. The zero-order chi connectivity index (χ0) is 17.1. The van der Waals surface area contributed by atoms with Crippen LogP contribution in [0.1, 0.15) is 67.0 Å². The van der Waals surface area contributed by atoms with Crippen molar-refractivity contribution in [2.45, 2.75) is 44.9 Å². The van der Waals surface area contributed by atoms with Gasteiger partial charge in [-0.3, -0.25) is 4.79 Å². The van der Waals surface area contributed by atoms with E-state index in [1.165, 1.54) is 0 Å². The third kappa shape index (κ3) is 3.61. The lowest BCUT2D eigenvalue weighted by Crippen LogP contribution is -2.38. The first-order valence-electron chi connectivity index (χ1n) is 8.46. The van der Waals surface area contributed by atoms with E-state index in [1.54, 1.807) is 24.3 Å². The Balaban J connectivity index is 1.60. The standard InChI is InChI=1S/C18H22ClN3O2/c1-3-12(2)16-20-17(24-21-16)13-8-10-22(11-9-13)18(23)14-4-6-15(19)7-5-14/h4-7,12-13H,3,8-11H2,1-2H3/t12-/m1/s1. The van der Waals surface area contributed by atoms with Crippen molar-refractivity contribution in [2.24, 2.45) is 0 Å². The van der Waals surface area contributed by atoms with E-state index in [-0.39, 0.29) is 11.8 Å². The molecule has 0 unspecified atom stereocenters. The van der Waals surface area contributed by atoms with Gasteiger partial charge in [0.05, 0.1) is 0 Å². The Hall–Kier alpha value is -1.88. The maximum atomic E-state index is 12.5. The average molecular weight is 348 g/mol. The first-order chi connectivity index (χ1) is 11.6. The van der Waals surface area contributed by atoms with E-state index in [0.717, 1.165) is 25.1 Å². The summed E-state index contributed by atoms with van der Waals surface area (Å²) in [5.74, 6) is 2.10. The SMILES string of the molecule is CC[C@@H](C)c1noc(C2CCN(C(=O)c3ccc(Cl)cc3)CC2)n1. The van der Waals surface area contributed by atoms with Crippen LogP contribution in [0.4, 0.5) is 0 Å². The molecule has 2 aromatic rings. The molecule has 1 saturated heterocycles. The molecule has 0 radical (unpaired) electrons. The molecule has 1 aromatic carbocycles. The van der Waals surface area contributed by atoms with Gasteiger partial charge in [0.15, 0.2) is 5.82 Å². The topological polar surface area (TPSA) is 59.2 Å². The van der Waals surface area contributed by atoms with Crippen LogP contribution in [0.3, 0.4) is 0 Å². The number of nitrogens with zero attached hydrogens (tertiary/aromatic N) is 3. The van der Waals surface area contributed by atoms with Crippen molar-refractivity contribution in [2.75, 3.05) is 13.1 Å². The highest BCUT2D eigenvalue weighted by molar-refractivity contribution is 6.30. The first kappa shape index (κ1) is 17.0. The average Bonchev–Trinajstić information content (AvgIpc) is 3.11. The van der Waals surface area contributed by atoms with Crippen LogP contribution in [0.25, 0.3) is 0 Å². The molecule has 0 saturated carbocycles. The van der Waals surface area contributed by atoms with Crippen LogP contribution in [-0.4, -0.2) is 34.0 Å². The number of likely N-dealkylation sites (tertiary alicyclic amines) is 1. The maximum absolute atomic E-state index is 12.5. The second-order valence-electron chi connectivity index (χ2n) is 6.37. The fourth-order valence-electron chi connectivity index (χ4n) is 2.90. The minimum Gasteiger partial charge on any atom is -0.339 e. The van der Waals surface area contributed by atoms with Crippen LogP contribution >= 0.6 is 11.6 Å². The van der Waals surface area contributed by atoms with Crippen LogP contribution in [0.2, 0.25) is 5.02 Å². The van der Waals surface area contributed by atoms with Crippen LogP contribution < -0.4 is 0 Å². The van der Waals surface area contributed by atoms with Gasteiger partial charge in [-0.05, 0) is 43.5 Å². The molecule has 0 bridgehead atoms. The summed E-state index contributed by atoms with van der Waals surface area (Å²) >= 11 is 5.88. The van der Waals surface area contributed by atoms with Gasteiger partial charge in [0.25, 0.3) is 5.91 Å². The van der Waals surface area contributed by atoms with E-state index in [9.17, 15) is 4.79 Å². The summed E-state index contributed by atoms with van der Waals surface area (Å²) in [5, 5.41) is 4.73. The third-order valence-electron chi connectivity index (χ3n) is 4.73. The zero-order valence-corrected chi connectivity index (χ0v) is 14.8. The van der Waals surface area contributed by atoms with Gasteiger partial charge in [0.1, 0.15) is 0 Å². The van der Waals surface area contributed by atoms with E-state index in [0.29, 0.717) is 35.5 Å². The maximum Gasteiger partial charge on any atom is 0.253 e. The molecule has 6 heteroatoms. The molecule has 1 aliphatic heterocycles. The number of amides is 1. The van der Waals surface area contributed by atoms with Crippen LogP contribution in [0.5, 0.6) is 0 Å². The summed E-state index contributed by atoms with van der Waals surface area (Å²) in [6, 6.07) is 7.03. The molecule has 1 fully saturated rings. The Morgan fingerprint density at radius 3 is 2.62 bits per heavy atom. The molecule has 128 valence electrons. The van der Waals surface area contributed by atoms with E-state index in [1.807, 2.05) is 4.90 Å². The highest BCUT2D eigenvalue weighted by Gasteiger charge is 2.28. The van der Waals surface area contributed by atoms with Crippen molar-refractivity contribution in [1.82, 2.24) is 15.0 Å². The van der Waals surface area contributed by atoms with Crippen LogP contribution in [0.15, 0.2) is 28.8 Å². The second kappa shape index (κ2) is 7.34. The molecule has 0 aliphatic carbocycles. The number of carbonyl (C=O) groups is 1. The van der Waals surface area contributed by atoms with Gasteiger partial charge >= 0.3 is 0 Å². The van der Waals surface area contributed by atoms with Gasteiger partial charge in [0, 0.05) is 35.5 Å². The molecule has 0 spiro atoms. The minimum absolute atomic E-state index is 0.0518. The van der Waals surface area contributed by atoms with Gasteiger partial charge in [0.2, 0.25) is 5.89 Å². The number of carbonyl (C=O) groups excluding carboxylic acids is 1. The fraction of sp³-hybridized carbons (Fsp3) is 0.500. The fourth-order valence-corrected chi connectivity index (χ4v) is 3.03. The molecular formula is C18H22ClN3O2. The van der Waals surface area contributed by atoms with Gasteiger partial charge in [-0.1, -0.05) is 30.6 Å². The Bertz CT molecular complexity index is 691. The number of hydrogen-bond acceptors (Lipinski definition) is 4. The van der Waals surface area contributed by atoms with Gasteiger partial charge in [-0.25, -0.2) is 0 Å². The van der Waals surface area contributed by atoms with Crippen molar-refractivity contribution < 1.29 is 9.32 Å². The predicted octanol–water partition coefficient (Wildman–Crippen LogP) is 4.26. The molecule has 2 heterocycles. The Morgan fingerprint density at radius 1 is 1.33 bits per heavy atom. The van der Waals surface area contributed by atoms with E-state index < -0.39 is 0 Å². The van der Waals surface area contributed by atoms with Crippen molar-refractivity contribution in [3.8, 4) is 0 Å². The second-order valence-corrected chi connectivity index (χ2v) is 6.81. The van der Waals surface area contributed by atoms with E-state index in [4.69, 9.17) is 16.1 Å². The largest absolute Gasteiger partial charge is 0.339 e. The molecule has 1 aromatic heterocycles. The van der Waals surface area contributed by atoms with Gasteiger partial charge < -0.3 is 9.42 Å². The molecule has 1 aliphatic rings. The van der Waals surface area contributed by atoms with Crippen molar-refractivity contribution >= 4 is 17.5 Å². The van der Waals surface area contributed by atoms with E-state index in [2.05, 4.69) is 24.0 Å². The molecule has 24 heavy (non-hydrogen) atoms. The first-order valence-corrected chi connectivity index (χ1v) is 8.84. The van der Waals surface area contributed by atoms with Gasteiger partial charge in [-0.2, -0.15) is 4.98 Å². The summed E-state index contributed by atoms with van der Waals surface area (Å²) < 4.78 is 5.44. The van der Waals surface area contributed by atoms with E-state index >= 15 is 0 Å². The lowest BCUT2D eigenvalue weighted by Gasteiger charge is -2.30. The van der Waals surface area contributed by atoms with Crippen molar-refractivity contribution in [3.63, 3.8) is 0 Å². The molecule has 5 nitrogen and oxygen atoms in total. The quantitative estimate of drug-likeness (QED) is 0.829. The highest BCUT2D eigenvalue weighted by Crippen LogP contribution is 2.29. The van der Waals surface area contributed by atoms with Crippen LogP contribution in [-0.2, 0) is 0 Å². The highest BCUT2D eigenvalue weighted by atomic mass is 35.5. The monoisotopic (exact) mass is 347 g/mol. The zero-order valence-electron chi connectivity index (χ0n) is 14.0. The predicted molar refractivity (Wildman–Crippen MR) is 92.3 cm³/mol.